The smallest absolute Gasteiger partial charge is 0.147 e. The Hall–Kier alpha value is -0.780. The first-order chi connectivity index (χ1) is 9.29. The van der Waals surface area contributed by atoms with Crippen molar-refractivity contribution < 1.29 is 13.2 Å². The molecule has 1 aromatic carbocycles. The summed E-state index contributed by atoms with van der Waals surface area (Å²) in [5, 5.41) is 3.95. The molecule has 0 atom stereocenters. The second kappa shape index (κ2) is 7.86. The highest BCUT2D eigenvalue weighted by atomic mass is 35.5. The first-order valence-corrected chi connectivity index (χ1v) is 9.05. The van der Waals surface area contributed by atoms with Crippen LogP contribution in [0, 0.1) is 0 Å². The van der Waals surface area contributed by atoms with Gasteiger partial charge in [0.15, 0.2) is 0 Å². The van der Waals surface area contributed by atoms with Gasteiger partial charge in [0.1, 0.15) is 15.6 Å². The average Bonchev–Trinajstić information content (AvgIpc) is 2.32. The topological polar surface area (TPSA) is 55.4 Å². The molecule has 0 radical (unpaired) electrons. The number of nitrogens with one attached hydrogen (secondary N) is 1. The highest BCUT2D eigenvalue weighted by Crippen LogP contribution is 2.26. The Balaban J connectivity index is 2.62. The van der Waals surface area contributed by atoms with Crippen LogP contribution in [0.15, 0.2) is 18.2 Å². The Bertz CT molecular complexity index is 529. The van der Waals surface area contributed by atoms with E-state index >= 15 is 0 Å². The molecule has 4 nitrogen and oxygen atoms in total. The van der Waals surface area contributed by atoms with Crippen molar-refractivity contribution in [3.8, 4) is 5.75 Å². The third-order valence-electron chi connectivity index (χ3n) is 2.68. The van der Waals surface area contributed by atoms with Gasteiger partial charge in [-0.15, -0.1) is 0 Å². The van der Waals surface area contributed by atoms with Gasteiger partial charge in [-0.05, 0) is 18.6 Å². The molecule has 0 amide bonds. The quantitative estimate of drug-likeness (QED) is 0.748. The van der Waals surface area contributed by atoms with Gasteiger partial charge >= 0.3 is 0 Å². The zero-order valence-electron chi connectivity index (χ0n) is 12.1. The van der Waals surface area contributed by atoms with E-state index in [-0.39, 0.29) is 5.75 Å². The number of halogens is 1. The van der Waals surface area contributed by atoms with Crippen LogP contribution in [-0.4, -0.2) is 33.1 Å². The largest absolute Gasteiger partial charge is 0.493 e. The van der Waals surface area contributed by atoms with Crippen molar-refractivity contribution >= 4 is 21.4 Å². The third kappa shape index (κ3) is 6.59. The van der Waals surface area contributed by atoms with Gasteiger partial charge in [0, 0.05) is 29.4 Å². The Labute approximate surface area is 126 Å². The van der Waals surface area contributed by atoms with Crippen molar-refractivity contribution in [1.29, 1.82) is 0 Å². The molecule has 0 unspecified atom stereocenters. The summed E-state index contributed by atoms with van der Waals surface area (Å²) in [5.74, 6) is 0.840. The lowest BCUT2D eigenvalue weighted by Crippen LogP contribution is -2.22. The summed E-state index contributed by atoms with van der Waals surface area (Å²) in [7, 11) is -2.94. The van der Waals surface area contributed by atoms with Gasteiger partial charge in [-0.2, -0.15) is 0 Å². The summed E-state index contributed by atoms with van der Waals surface area (Å²) in [5.41, 5.74) is 0.905. The lowest BCUT2D eigenvalue weighted by atomic mass is 10.2. The average molecular weight is 320 g/mol. The van der Waals surface area contributed by atoms with E-state index in [0.29, 0.717) is 36.4 Å². The van der Waals surface area contributed by atoms with E-state index in [2.05, 4.69) is 19.2 Å². The molecule has 0 aliphatic carbocycles. The molecule has 0 saturated heterocycles. The fourth-order valence-corrected chi connectivity index (χ4v) is 2.53. The van der Waals surface area contributed by atoms with Crippen LogP contribution in [0.4, 0.5) is 0 Å². The van der Waals surface area contributed by atoms with Gasteiger partial charge in [-0.25, -0.2) is 8.42 Å². The van der Waals surface area contributed by atoms with Crippen LogP contribution >= 0.6 is 11.6 Å². The second-order valence-corrected chi connectivity index (χ2v) is 7.75. The summed E-state index contributed by atoms with van der Waals surface area (Å²) < 4.78 is 27.8. The highest BCUT2D eigenvalue weighted by Gasteiger charge is 2.09. The number of hydrogen-bond acceptors (Lipinski definition) is 4. The van der Waals surface area contributed by atoms with E-state index in [4.69, 9.17) is 16.3 Å². The van der Waals surface area contributed by atoms with E-state index in [1.807, 2.05) is 18.2 Å². The Kier molecular flexibility index (Phi) is 6.79. The lowest BCUT2D eigenvalue weighted by molar-refractivity contribution is 0.313. The molecule has 0 aromatic heterocycles. The monoisotopic (exact) mass is 319 g/mol. The minimum Gasteiger partial charge on any atom is -0.493 e. The molecule has 1 rings (SSSR count). The van der Waals surface area contributed by atoms with Crippen molar-refractivity contribution in [1.82, 2.24) is 5.32 Å². The fraction of sp³-hybridized carbons (Fsp3) is 0.571. The number of ether oxygens (including phenoxy) is 1. The van der Waals surface area contributed by atoms with Gasteiger partial charge in [-0.1, -0.05) is 31.5 Å². The summed E-state index contributed by atoms with van der Waals surface area (Å²) in [6.45, 7) is 5.10. The van der Waals surface area contributed by atoms with Gasteiger partial charge in [-0.3, -0.25) is 0 Å². The second-order valence-electron chi connectivity index (χ2n) is 5.08. The maximum absolute atomic E-state index is 11.1. The molecule has 0 heterocycles. The van der Waals surface area contributed by atoms with E-state index in [1.54, 1.807) is 0 Å². The predicted molar refractivity (Wildman–Crippen MR) is 83.3 cm³/mol. The summed E-state index contributed by atoms with van der Waals surface area (Å²) in [4.78, 5) is 0. The minimum atomic E-state index is -2.94. The van der Waals surface area contributed by atoms with Crippen LogP contribution in [0.3, 0.4) is 0 Å². The molecule has 1 aromatic rings. The first kappa shape index (κ1) is 17.3. The van der Waals surface area contributed by atoms with Crippen molar-refractivity contribution in [3.63, 3.8) is 0 Å². The SMILES string of the molecule is CC(C)NCc1c(Cl)cccc1OCCCS(C)(=O)=O. The van der Waals surface area contributed by atoms with E-state index in [9.17, 15) is 8.42 Å². The van der Waals surface area contributed by atoms with Gasteiger partial charge in [0.05, 0.1) is 12.4 Å². The molecular weight excluding hydrogens is 298 g/mol. The van der Waals surface area contributed by atoms with Crippen LogP contribution in [0.25, 0.3) is 0 Å². The number of sulfone groups is 1. The summed E-state index contributed by atoms with van der Waals surface area (Å²) in [6.07, 6.45) is 1.70. The summed E-state index contributed by atoms with van der Waals surface area (Å²) in [6, 6.07) is 5.85. The molecule has 6 heteroatoms. The Morgan fingerprint density at radius 2 is 2.05 bits per heavy atom. The van der Waals surface area contributed by atoms with Gasteiger partial charge in [0.2, 0.25) is 0 Å². The molecule has 0 saturated carbocycles. The molecule has 0 bridgehead atoms. The van der Waals surface area contributed by atoms with Crippen molar-refractivity contribution in [3.05, 3.63) is 28.8 Å². The van der Waals surface area contributed by atoms with Crippen molar-refractivity contribution in [2.24, 2.45) is 0 Å². The van der Waals surface area contributed by atoms with Crippen LogP contribution in [0.2, 0.25) is 5.02 Å². The maximum atomic E-state index is 11.1. The molecule has 0 aliphatic heterocycles. The normalized spacial score (nSPS) is 11.8. The number of hydrogen-bond donors (Lipinski definition) is 1. The zero-order chi connectivity index (χ0) is 15.2. The zero-order valence-corrected chi connectivity index (χ0v) is 13.7. The van der Waals surface area contributed by atoms with E-state index in [1.165, 1.54) is 6.26 Å². The van der Waals surface area contributed by atoms with Crippen LogP contribution in [0.1, 0.15) is 25.8 Å². The van der Waals surface area contributed by atoms with Gasteiger partial charge in [0.25, 0.3) is 0 Å². The summed E-state index contributed by atoms with van der Waals surface area (Å²) >= 11 is 6.18. The maximum Gasteiger partial charge on any atom is 0.147 e. The van der Waals surface area contributed by atoms with Crippen molar-refractivity contribution in [2.45, 2.75) is 32.9 Å². The minimum absolute atomic E-state index is 0.132. The Morgan fingerprint density at radius 1 is 1.35 bits per heavy atom. The molecule has 0 spiro atoms. The van der Waals surface area contributed by atoms with Crippen molar-refractivity contribution in [2.75, 3.05) is 18.6 Å². The molecule has 0 fully saturated rings. The third-order valence-corrected chi connectivity index (χ3v) is 4.06. The lowest BCUT2D eigenvalue weighted by Gasteiger charge is -2.15. The van der Waals surface area contributed by atoms with Gasteiger partial charge < -0.3 is 10.1 Å². The standard InChI is InChI=1S/C14H22ClNO3S/c1-11(2)16-10-12-13(15)6-4-7-14(12)19-8-5-9-20(3,17)18/h4,6-7,11,16H,5,8-10H2,1-3H3. The highest BCUT2D eigenvalue weighted by molar-refractivity contribution is 7.90. The predicted octanol–water partition coefficient (Wildman–Crippen LogP) is 2.65. The molecule has 20 heavy (non-hydrogen) atoms. The first-order valence-electron chi connectivity index (χ1n) is 6.61. The number of rotatable bonds is 8. The Morgan fingerprint density at radius 3 is 2.65 bits per heavy atom. The molecule has 0 aliphatic rings. The fourth-order valence-electron chi connectivity index (χ4n) is 1.66. The van der Waals surface area contributed by atoms with Crippen LogP contribution < -0.4 is 10.1 Å². The molecule has 114 valence electrons. The number of benzene rings is 1. The van der Waals surface area contributed by atoms with Crippen LogP contribution in [0.5, 0.6) is 5.75 Å². The molecule has 1 N–H and O–H groups in total. The van der Waals surface area contributed by atoms with E-state index in [0.717, 1.165) is 5.56 Å². The van der Waals surface area contributed by atoms with E-state index < -0.39 is 9.84 Å². The molecular formula is C14H22ClNO3S. The van der Waals surface area contributed by atoms with Crippen LogP contribution in [-0.2, 0) is 16.4 Å².